The SMILES string of the molecule is NC(=O)[C@H]1CN(C(=O)N[C@@H](c2ccc3c(c2)CCCC3)c2cccs2)CCO1. The molecule has 7 heteroatoms. The Hall–Kier alpha value is -2.38. The molecule has 4 rings (SSSR count). The lowest BCUT2D eigenvalue weighted by molar-refractivity contribution is -0.133. The van der Waals surface area contributed by atoms with Gasteiger partial charge in [-0.2, -0.15) is 0 Å². The number of benzene rings is 1. The third-order valence-corrected chi connectivity index (χ3v) is 6.41. The van der Waals surface area contributed by atoms with Crippen molar-refractivity contribution in [2.75, 3.05) is 19.7 Å². The minimum Gasteiger partial charge on any atom is -0.367 e. The molecule has 28 heavy (non-hydrogen) atoms. The largest absolute Gasteiger partial charge is 0.367 e. The fourth-order valence-electron chi connectivity index (χ4n) is 3.93. The zero-order valence-corrected chi connectivity index (χ0v) is 16.5. The molecule has 2 aliphatic rings. The number of rotatable bonds is 4. The summed E-state index contributed by atoms with van der Waals surface area (Å²) in [6, 6.07) is 10.2. The molecular weight excluding hydrogens is 374 g/mol. The predicted molar refractivity (Wildman–Crippen MR) is 108 cm³/mol. The van der Waals surface area contributed by atoms with Crippen LogP contribution in [0.1, 0.15) is 40.5 Å². The highest BCUT2D eigenvalue weighted by molar-refractivity contribution is 7.10. The molecule has 0 spiro atoms. The van der Waals surface area contributed by atoms with Crippen molar-refractivity contribution in [3.8, 4) is 0 Å². The maximum absolute atomic E-state index is 12.9. The number of nitrogens with one attached hydrogen (secondary N) is 1. The van der Waals surface area contributed by atoms with Crippen molar-refractivity contribution in [1.82, 2.24) is 10.2 Å². The van der Waals surface area contributed by atoms with Crippen LogP contribution in [0.2, 0.25) is 0 Å². The van der Waals surface area contributed by atoms with Crippen LogP contribution in [-0.2, 0) is 22.4 Å². The van der Waals surface area contributed by atoms with Crippen LogP contribution in [0.4, 0.5) is 4.79 Å². The van der Waals surface area contributed by atoms with E-state index in [9.17, 15) is 9.59 Å². The van der Waals surface area contributed by atoms with E-state index in [-0.39, 0.29) is 18.6 Å². The number of hydrogen-bond donors (Lipinski definition) is 2. The van der Waals surface area contributed by atoms with Crippen molar-refractivity contribution < 1.29 is 14.3 Å². The smallest absolute Gasteiger partial charge is 0.318 e. The lowest BCUT2D eigenvalue weighted by atomic mass is 9.89. The molecular formula is C21H25N3O3S. The van der Waals surface area contributed by atoms with E-state index >= 15 is 0 Å². The number of morpholine rings is 1. The molecule has 0 radical (unpaired) electrons. The fraction of sp³-hybridized carbons (Fsp3) is 0.429. The van der Waals surface area contributed by atoms with Crippen LogP contribution in [0, 0.1) is 0 Å². The first-order valence-electron chi connectivity index (χ1n) is 9.73. The first-order chi connectivity index (χ1) is 13.6. The number of carbonyl (C=O) groups is 2. The number of fused-ring (bicyclic) bond motifs is 1. The molecule has 1 aromatic carbocycles. The molecule has 6 nitrogen and oxygen atoms in total. The number of ether oxygens (including phenoxy) is 1. The van der Waals surface area contributed by atoms with Gasteiger partial charge in [0.05, 0.1) is 19.2 Å². The summed E-state index contributed by atoms with van der Waals surface area (Å²) >= 11 is 1.63. The summed E-state index contributed by atoms with van der Waals surface area (Å²) in [5, 5.41) is 5.18. The van der Waals surface area contributed by atoms with E-state index < -0.39 is 12.0 Å². The van der Waals surface area contributed by atoms with Gasteiger partial charge >= 0.3 is 6.03 Å². The number of amides is 3. The van der Waals surface area contributed by atoms with Gasteiger partial charge in [0, 0.05) is 11.4 Å². The number of hydrogen-bond acceptors (Lipinski definition) is 4. The molecule has 1 fully saturated rings. The molecule has 1 aliphatic carbocycles. The number of nitrogens with two attached hydrogens (primary N) is 1. The molecule has 1 aromatic heterocycles. The number of nitrogens with zero attached hydrogens (tertiary/aromatic N) is 1. The van der Waals surface area contributed by atoms with Gasteiger partial charge in [0.15, 0.2) is 6.10 Å². The Morgan fingerprint density at radius 1 is 1.21 bits per heavy atom. The highest BCUT2D eigenvalue weighted by Gasteiger charge is 2.29. The van der Waals surface area contributed by atoms with Crippen molar-refractivity contribution in [2.24, 2.45) is 5.73 Å². The Morgan fingerprint density at radius 3 is 2.79 bits per heavy atom. The number of thiophene rings is 1. The van der Waals surface area contributed by atoms with E-state index in [0.29, 0.717) is 13.2 Å². The van der Waals surface area contributed by atoms with Crippen LogP contribution < -0.4 is 11.1 Å². The molecule has 0 unspecified atom stereocenters. The van der Waals surface area contributed by atoms with Gasteiger partial charge in [-0.15, -0.1) is 11.3 Å². The van der Waals surface area contributed by atoms with E-state index in [2.05, 4.69) is 23.5 Å². The summed E-state index contributed by atoms with van der Waals surface area (Å²) in [5.41, 5.74) is 9.25. The van der Waals surface area contributed by atoms with Crippen molar-refractivity contribution in [1.29, 1.82) is 0 Å². The third-order valence-electron chi connectivity index (χ3n) is 5.47. The molecule has 0 bridgehead atoms. The Kier molecular flexibility index (Phi) is 5.64. The van der Waals surface area contributed by atoms with Gasteiger partial charge in [-0.05, 0) is 53.8 Å². The Bertz CT molecular complexity index is 853. The van der Waals surface area contributed by atoms with Crippen LogP contribution in [0.25, 0.3) is 0 Å². The normalized spacial score (nSPS) is 20.3. The molecule has 2 heterocycles. The molecule has 1 saturated heterocycles. The van der Waals surface area contributed by atoms with Crippen molar-refractivity contribution in [3.05, 3.63) is 57.3 Å². The lowest BCUT2D eigenvalue weighted by Gasteiger charge is -2.33. The van der Waals surface area contributed by atoms with Crippen LogP contribution in [0.3, 0.4) is 0 Å². The van der Waals surface area contributed by atoms with Gasteiger partial charge in [-0.25, -0.2) is 4.79 Å². The Labute approximate surface area is 168 Å². The summed E-state index contributed by atoms with van der Waals surface area (Å²) in [5.74, 6) is -0.540. The number of aryl methyl sites for hydroxylation is 2. The standard InChI is InChI=1S/C21H25N3O3S/c22-20(25)17-13-24(9-10-27-17)21(26)23-19(18-6-3-11-28-18)16-8-7-14-4-1-2-5-15(14)12-16/h3,6-8,11-12,17,19H,1-2,4-5,9-10,13H2,(H2,22,25)(H,23,26)/t17-,19+/m1/s1. The van der Waals surface area contributed by atoms with Gasteiger partial charge in [-0.3, -0.25) is 4.79 Å². The van der Waals surface area contributed by atoms with Crippen molar-refractivity contribution in [3.63, 3.8) is 0 Å². The summed E-state index contributed by atoms with van der Waals surface area (Å²) < 4.78 is 5.35. The summed E-state index contributed by atoms with van der Waals surface area (Å²) in [6.45, 7) is 0.934. The van der Waals surface area contributed by atoms with E-state index in [0.717, 1.165) is 23.3 Å². The first kappa shape index (κ1) is 19.0. The minimum atomic E-state index is -0.747. The van der Waals surface area contributed by atoms with Crippen molar-refractivity contribution in [2.45, 2.75) is 37.8 Å². The van der Waals surface area contributed by atoms with Crippen LogP contribution in [0.15, 0.2) is 35.7 Å². The second-order valence-electron chi connectivity index (χ2n) is 7.34. The monoisotopic (exact) mass is 399 g/mol. The number of carbonyl (C=O) groups excluding carboxylic acids is 2. The summed E-state index contributed by atoms with van der Waals surface area (Å²) in [7, 11) is 0. The number of primary amides is 1. The van der Waals surface area contributed by atoms with E-state index in [4.69, 9.17) is 10.5 Å². The van der Waals surface area contributed by atoms with E-state index in [1.54, 1.807) is 16.2 Å². The third kappa shape index (κ3) is 4.05. The zero-order valence-electron chi connectivity index (χ0n) is 15.7. The van der Waals surface area contributed by atoms with Gasteiger partial charge in [0.1, 0.15) is 0 Å². The zero-order chi connectivity index (χ0) is 19.5. The molecule has 0 saturated carbocycles. The maximum atomic E-state index is 12.9. The highest BCUT2D eigenvalue weighted by Crippen LogP contribution is 2.30. The second-order valence-corrected chi connectivity index (χ2v) is 8.32. The quantitative estimate of drug-likeness (QED) is 0.829. The molecule has 3 N–H and O–H groups in total. The summed E-state index contributed by atoms with van der Waals surface area (Å²) in [6.07, 6.45) is 3.94. The van der Waals surface area contributed by atoms with Gasteiger partial charge in [0.25, 0.3) is 0 Å². The van der Waals surface area contributed by atoms with Crippen LogP contribution in [0.5, 0.6) is 0 Å². The molecule has 2 aromatic rings. The Morgan fingerprint density at radius 2 is 2.04 bits per heavy atom. The van der Waals surface area contributed by atoms with Gasteiger partial charge in [0.2, 0.25) is 5.91 Å². The Balaban J connectivity index is 1.56. The maximum Gasteiger partial charge on any atom is 0.318 e. The average molecular weight is 400 g/mol. The number of urea groups is 1. The molecule has 148 valence electrons. The van der Waals surface area contributed by atoms with Crippen molar-refractivity contribution >= 4 is 23.3 Å². The minimum absolute atomic E-state index is 0.183. The first-order valence-corrected chi connectivity index (χ1v) is 10.6. The van der Waals surface area contributed by atoms with E-state index in [1.807, 2.05) is 17.5 Å². The summed E-state index contributed by atoms with van der Waals surface area (Å²) in [4.78, 5) is 27.1. The fourth-order valence-corrected chi connectivity index (χ4v) is 4.73. The highest BCUT2D eigenvalue weighted by atomic mass is 32.1. The second kappa shape index (κ2) is 8.32. The predicted octanol–water partition coefficient (Wildman–Crippen LogP) is 2.61. The van der Waals surface area contributed by atoms with Crippen LogP contribution >= 0.6 is 11.3 Å². The molecule has 1 aliphatic heterocycles. The van der Waals surface area contributed by atoms with Gasteiger partial charge in [-0.1, -0.05) is 24.3 Å². The van der Waals surface area contributed by atoms with Gasteiger partial charge < -0.3 is 20.7 Å². The average Bonchev–Trinajstić information content (AvgIpc) is 3.26. The van der Waals surface area contributed by atoms with E-state index in [1.165, 1.54) is 24.0 Å². The molecule has 3 amide bonds. The van der Waals surface area contributed by atoms with Crippen LogP contribution in [-0.4, -0.2) is 42.6 Å². The molecule has 2 atom stereocenters. The topological polar surface area (TPSA) is 84.7 Å². The lowest BCUT2D eigenvalue weighted by Crippen LogP contribution is -2.53.